The van der Waals surface area contributed by atoms with E-state index in [1.165, 1.54) is 5.56 Å². The lowest BCUT2D eigenvalue weighted by molar-refractivity contribution is -0.924. The van der Waals surface area contributed by atoms with Gasteiger partial charge in [0.15, 0.2) is 11.5 Å². The number of ether oxygens (including phenoxy) is 4. The average Bonchev–Trinajstić information content (AvgIpc) is 3.17. The molecule has 0 aliphatic carbocycles. The summed E-state index contributed by atoms with van der Waals surface area (Å²) in [6.07, 6.45) is 1.60. The number of quaternary nitrogens is 1. The van der Waals surface area contributed by atoms with Gasteiger partial charge in [-0.15, -0.1) is 0 Å². The molecule has 30 heavy (non-hydrogen) atoms. The van der Waals surface area contributed by atoms with Crippen molar-refractivity contribution in [3.63, 3.8) is 0 Å². The fraction of sp³-hybridized carbons (Fsp3) is 0.478. The molecule has 2 atom stereocenters. The number of hydrogen-bond donors (Lipinski definition) is 1. The number of nitrogens with zero attached hydrogens (tertiary/aromatic N) is 1. The van der Waals surface area contributed by atoms with Crippen molar-refractivity contribution in [2.45, 2.75) is 31.4 Å². The molecule has 0 amide bonds. The minimum Gasteiger partial charge on any atom is -1.00 e. The van der Waals surface area contributed by atoms with Gasteiger partial charge in [-0.3, -0.25) is 0 Å². The largest absolute Gasteiger partial charge is 1.00 e. The second-order valence-electron chi connectivity index (χ2n) is 8.39. The van der Waals surface area contributed by atoms with Gasteiger partial charge < -0.3 is 52.5 Å². The quantitative estimate of drug-likeness (QED) is 0.427. The number of likely N-dealkylation sites (N-methyl/N-ethyl adjacent to an activating group) is 1. The van der Waals surface area contributed by atoms with Crippen LogP contribution in [0.4, 0.5) is 0 Å². The third kappa shape index (κ3) is 4.20. The van der Waals surface area contributed by atoms with Crippen molar-refractivity contribution in [3.05, 3.63) is 47.0 Å². The molecule has 2 unspecified atom stereocenters. The molecule has 2 aliphatic heterocycles. The molecule has 0 bridgehead atoms. The Morgan fingerprint density at radius 2 is 1.93 bits per heavy atom. The monoisotopic (exact) mass is 527 g/mol. The van der Waals surface area contributed by atoms with E-state index in [1.54, 1.807) is 14.2 Å². The summed E-state index contributed by atoms with van der Waals surface area (Å²) in [6.45, 7) is 1.20. The summed E-state index contributed by atoms with van der Waals surface area (Å²) in [5, 5.41) is 11.0. The second-order valence-corrected chi connectivity index (χ2v) is 8.39. The van der Waals surface area contributed by atoms with E-state index >= 15 is 0 Å². The van der Waals surface area contributed by atoms with Crippen molar-refractivity contribution >= 4 is 0 Å². The van der Waals surface area contributed by atoms with Gasteiger partial charge in [0.05, 0.1) is 46.5 Å². The Balaban J connectivity index is 0.00000256. The molecule has 0 spiro atoms. The molecular formula is C23H30INO5. The predicted molar refractivity (Wildman–Crippen MR) is 110 cm³/mol. The van der Waals surface area contributed by atoms with Gasteiger partial charge in [-0.25, -0.2) is 0 Å². The Morgan fingerprint density at radius 3 is 2.67 bits per heavy atom. The maximum absolute atomic E-state index is 11.0. The first-order chi connectivity index (χ1) is 13.9. The van der Waals surface area contributed by atoms with Crippen LogP contribution in [0.1, 0.15) is 29.2 Å². The first kappa shape index (κ1) is 23.0. The van der Waals surface area contributed by atoms with E-state index in [-0.39, 0.29) is 36.8 Å². The lowest BCUT2D eigenvalue weighted by atomic mass is 9.85. The van der Waals surface area contributed by atoms with Crippen LogP contribution in [0.5, 0.6) is 23.0 Å². The number of halogens is 1. The Bertz CT molecular complexity index is 901. The van der Waals surface area contributed by atoms with Crippen molar-refractivity contribution in [1.29, 1.82) is 0 Å². The van der Waals surface area contributed by atoms with Crippen LogP contribution in [-0.4, -0.2) is 57.3 Å². The van der Waals surface area contributed by atoms with Crippen molar-refractivity contribution in [2.24, 2.45) is 0 Å². The third-order valence-corrected chi connectivity index (χ3v) is 6.23. The van der Waals surface area contributed by atoms with Crippen molar-refractivity contribution in [3.8, 4) is 23.0 Å². The molecule has 2 aliphatic rings. The Morgan fingerprint density at radius 1 is 1.17 bits per heavy atom. The molecule has 1 N–H and O–H groups in total. The highest BCUT2D eigenvalue weighted by molar-refractivity contribution is 5.61. The lowest BCUT2D eigenvalue weighted by Gasteiger charge is -2.44. The minimum absolute atomic E-state index is 0. The summed E-state index contributed by atoms with van der Waals surface area (Å²) >= 11 is 0. The fourth-order valence-corrected chi connectivity index (χ4v) is 4.64. The molecule has 2 aromatic carbocycles. The van der Waals surface area contributed by atoms with Crippen LogP contribution in [0.3, 0.4) is 0 Å². The van der Waals surface area contributed by atoms with Crippen molar-refractivity contribution < 1.29 is 52.5 Å². The Hall–Kier alpha value is -1.71. The van der Waals surface area contributed by atoms with Crippen molar-refractivity contribution in [2.75, 3.05) is 41.7 Å². The van der Waals surface area contributed by atoms with E-state index in [0.29, 0.717) is 18.6 Å². The molecule has 0 saturated heterocycles. The van der Waals surface area contributed by atoms with Crippen LogP contribution in [0.15, 0.2) is 30.3 Å². The summed E-state index contributed by atoms with van der Waals surface area (Å²) in [5.41, 5.74) is 3.37. The molecule has 2 heterocycles. The molecule has 6 nitrogen and oxygen atoms in total. The van der Waals surface area contributed by atoms with Crippen LogP contribution >= 0.6 is 0 Å². The Kier molecular flexibility index (Phi) is 7.04. The van der Waals surface area contributed by atoms with Gasteiger partial charge in [0.1, 0.15) is 11.8 Å². The summed E-state index contributed by atoms with van der Waals surface area (Å²) in [5.74, 6) is 2.99. The zero-order chi connectivity index (χ0) is 20.6. The molecule has 4 rings (SSSR count). The molecule has 0 fully saturated rings. The van der Waals surface area contributed by atoms with E-state index in [0.717, 1.165) is 45.8 Å². The number of hydrogen-bond acceptors (Lipinski definition) is 5. The van der Waals surface area contributed by atoms with Crippen LogP contribution in [-0.2, 0) is 12.8 Å². The molecule has 0 saturated carbocycles. The minimum atomic E-state index is -0.505. The van der Waals surface area contributed by atoms with E-state index in [4.69, 9.17) is 18.9 Å². The second kappa shape index (κ2) is 9.20. The highest BCUT2D eigenvalue weighted by atomic mass is 127. The van der Waals surface area contributed by atoms with Crippen LogP contribution in [0.25, 0.3) is 0 Å². The number of fused-ring (bicyclic) bond motifs is 2. The number of rotatable bonds is 6. The first-order valence-corrected chi connectivity index (χ1v) is 10.1. The van der Waals surface area contributed by atoms with Crippen LogP contribution in [0.2, 0.25) is 0 Å². The van der Waals surface area contributed by atoms with E-state index in [9.17, 15) is 5.11 Å². The number of aliphatic hydroxyl groups excluding tert-OH is 1. The number of para-hydroxylation sites is 1. The maximum Gasteiger partial charge on any atom is 0.231 e. The van der Waals surface area contributed by atoms with Gasteiger partial charge in [-0.1, -0.05) is 18.2 Å². The van der Waals surface area contributed by atoms with Gasteiger partial charge in [-0.2, -0.15) is 0 Å². The van der Waals surface area contributed by atoms with Gasteiger partial charge in [0.2, 0.25) is 12.5 Å². The van der Waals surface area contributed by atoms with E-state index in [2.05, 4.69) is 20.2 Å². The van der Waals surface area contributed by atoms with Gasteiger partial charge in [0.25, 0.3) is 0 Å². The summed E-state index contributed by atoms with van der Waals surface area (Å²) in [7, 11) is 7.77. The molecule has 0 radical (unpaired) electrons. The Labute approximate surface area is 195 Å². The molecule has 164 valence electrons. The highest BCUT2D eigenvalue weighted by Crippen LogP contribution is 2.51. The van der Waals surface area contributed by atoms with E-state index in [1.807, 2.05) is 24.3 Å². The van der Waals surface area contributed by atoms with Gasteiger partial charge >= 0.3 is 0 Å². The molecule has 2 aromatic rings. The zero-order valence-electron chi connectivity index (χ0n) is 18.0. The maximum atomic E-state index is 11.0. The topological polar surface area (TPSA) is 57.2 Å². The van der Waals surface area contributed by atoms with Gasteiger partial charge in [0, 0.05) is 19.3 Å². The van der Waals surface area contributed by atoms with Crippen molar-refractivity contribution in [1.82, 2.24) is 0 Å². The molecular weight excluding hydrogens is 497 g/mol. The third-order valence-electron chi connectivity index (χ3n) is 6.23. The summed E-state index contributed by atoms with van der Waals surface area (Å²) in [6, 6.07) is 10.0. The predicted octanol–water partition coefficient (Wildman–Crippen LogP) is 0.104. The fourth-order valence-electron chi connectivity index (χ4n) is 4.64. The lowest BCUT2D eigenvalue weighted by Crippen LogP contribution is -3.00. The zero-order valence-corrected chi connectivity index (χ0v) is 20.1. The normalized spacial score (nSPS) is 19.4. The summed E-state index contributed by atoms with van der Waals surface area (Å²) < 4.78 is 23.3. The van der Waals surface area contributed by atoms with Crippen LogP contribution < -0.4 is 42.9 Å². The standard InChI is InChI=1S/C23H30NO5.HI/c1-24(2)10-9-16-12-20-22(29-14-28-20)23(27-4)21(16)18(24)13-17(25)11-15-7-5-6-8-19(15)26-3;/h5-8,12,17-18,25H,9-11,13-14H2,1-4H3;1H/q+1;/p-1. The molecule has 0 aromatic heterocycles. The van der Waals surface area contributed by atoms with E-state index < -0.39 is 6.10 Å². The van der Waals surface area contributed by atoms with Gasteiger partial charge in [-0.05, 0) is 23.3 Å². The first-order valence-electron chi connectivity index (χ1n) is 10.1. The number of methoxy groups -OCH3 is 2. The number of aliphatic hydroxyl groups is 1. The van der Waals surface area contributed by atoms with Crippen LogP contribution in [0, 0.1) is 0 Å². The SMILES string of the molecule is COc1ccccc1CC(O)CC1c2c(cc3c(c2OC)OCO3)CC[N+]1(C)C.[I-]. The highest BCUT2D eigenvalue weighted by Gasteiger charge is 2.42. The summed E-state index contributed by atoms with van der Waals surface area (Å²) in [4.78, 5) is 0. The smallest absolute Gasteiger partial charge is 0.231 e. The molecule has 7 heteroatoms. The average molecular weight is 527 g/mol. The number of benzene rings is 2.